The third-order valence-corrected chi connectivity index (χ3v) is 5.80. The van der Waals surface area contributed by atoms with Crippen molar-refractivity contribution in [2.24, 2.45) is 0 Å². The van der Waals surface area contributed by atoms with E-state index in [0.717, 1.165) is 11.1 Å². The normalized spacial score (nSPS) is 14.3. The number of hydrogen-bond donors (Lipinski definition) is 0. The summed E-state index contributed by atoms with van der Waals surface area (Å²) < 4.78 is 23.5. The number of hydrogen-bond acceptors (Lipinski definition) is 3. The van der Waals surface area contributed by atoms with E-state index in [0.29, 0.717) is 23.1 Å². The zero-order chi connectivity index (χ0) is 15.9. The number of halogens is 2. The molecule has 0 N–H and O–H groups in total. The number of carbonyl (C=O) groups is 1. The molecule has 2 aromatic rings. The van der Waals surface area contributed by atoms with E-state index in [2.05, 4.69) is 15.9 Å². The molecule has 0 bridgehead atoms. The summed E-state index contributed by atoms with van der Waals surface area (Å²) in [5.41, 5.74) is 2.20. The van der Waals surface area contributed by atoms with Crippen LogP contribution in [0, 0.1) is 0 Å². The van der Waals surface area contributed by atoms with Crippen LogP contribution in [0.3, 0.4) is 0 Å². The Morgan fingerprint density at radius 3 is 2.50 bits per heavy atom. The lowest BCUT2D eigenvalue weighted by atomic mass is 10.1. The second-order valence-electron chi connectivity index (χ2n) is 5.02. The molecule has 0 atom stereocenters. The minimum Gasteiger partial charge on any atom is -0.330 e. The summed E-state index contributed by atoms with van der Waals surface area (Å²) >= 11 is 3.20. The first-order valence-corrected chi connectivity index (χ1v) is 9.57. The highest BCUT2D eigenvalue weighted by atomic mass is 79.9. The lowest BCUT2D eigenvalue weighted by molar-refractivity contribution is 0.0766. The predicted molar refractivity (Wildman–Crippen MR) is 87.2 cm³/mol. The molecule has 0 fully saturated rings. The van der Waals surface area contributed by atoms with Crippen LogP contribution < -0.4 is 0 Å². The molecular weight excluding hydrogens is 390 g/mol. The molecule has 1 heterocycles. The number of amides is 1. The first-order chi connectivity index (χ1) is 10.4. The van der Waals surface area contributed by atoms with Gasteiger partial charge in [-0.05, 0) is 39.2 Å². The van der Waals surface area contributed by atoms with Crippen molar-refractivity contribution in [3.8, 4) is 0 Å². The van der Waals surface area contributed by atoms with Gasteiger partial charge in [0, 0.05) is 33.8 Å². The molecular formula is C15H11BrClNO3S. The quantitative estimate of drug-likeness (QED) is 0.741. The molecule has 7 heteroatoms. The molecule has 0 saturated heterocycles. The Labute approximate surface area is 141 Å². The van der Waals surface area contributed by atoms with E-state index in [4.69, 9.17) is 10.7 Å². The third-order valence-electron chi connectivity index (χ3n) is 3.52. The number of benzene rings is 2. The molecule has 22 heavy (non-hydrogen) atoms. The number of nitrogens with zero attached hydrogens (tertiary/aromatic N) is 1. The summed E-state index contributed by atoms with van der Waals surface area (Å²) in [4.78, 5) is 14.1. The standard InChI is InChI=1S/C15H11BrClNO3S/c16-13-6-11-9-18(8-10-4-2-1-3-5-10)15(19)12(11)7-14(13)22(17,20)21/h1-7H,8-9H2. The molecule has 0 aliphatic carbocycles. The zero-order valence-electron chi connectivity index (χ0n) is 11.3. The summed E-state index contributed by atoms with van der Waals surface area (Å²) in [6.45, 7) is 0.930. The van der Waals surface area contributed by atoms with Crippen LogP contribution in [0.2, 0.25) is 0 Å². The van der Waals surface area contributed by atoms with E-state index < -0.39 is 9.05 Å². The van der Waals surface area contributed by atoms with E-state index in [-0.39, 0.29) is 10.8 Å². The maximum Gasteiger partial charge on any atom is 0.262 e. The summed E-state index contributed by atoms with van der Waals surface area (Å²) in [7, 11) is 1.50. The summed E-state index contributed by atoms with van der Waals surface area (Å²) in [6.07, 6.45) is 0. The van der Waals surface area contributed by atoms with E-state index in [1.165, 1.54) is 6.07 Å². The fraction of sp³-hybridized carbons (Fsp3) is 0.133. The van der Waals surface area contributed by atoms with Crippen molar-refractivity contribution < 1.29 is 13.2 Å². The highest BCUT2D eigenvalue weighted by molar-refractivity contribution is 9.10. The zero-order valence-corrected chi connectivity index (χ0v) is 14.5. The smallest absolute Gasteiger partial charge is 0.262 e. The highest BCUT2D eigenvalue weighted by Crippen LogP contribution is 2.33. The van der Waals surface area contributed by atoms with E-state index >= 15 is 0 Å². The van der Waals surface area contributed by atoms with Gasteiger partial charge in [-0.1, -0.05) is 30.3 Å². The van der Waals surface area contributed by atoms with Gasteiger partial charge in [-0.25, -0.2) is 8.42 Å². The van der Waals surface area contributed by atoms with Crippen LogP contribution in [0.15, 0.2) is 51.8 Å². The second-order valence-corrected chi connectivity index (χ2v) is 8.41. The minimum atomic E-state index is -3.90. The molecule has 0 unspecified atom stereocenters. The lowest BCUT2D eigenvalue weighted by Crippen LogP contribution is -2.23. The van der Waals surface area contributed by atoms with Gasteiger partial charge in [-0.3, -0.25) is 4.79 Å². The van der Waals surface area contributed by atoms with Gasteiger partial charge in [-0.2, -0.15) is 0 Å². The molecule has 0 spiro atoms. The molecule has 2 aromatic carbocycles. The van der Waals surface area contributed by atoms with Gasteiger partial charge in [0.2, 0.25) is 0 Å². The van der Waals surface area contributed by atoms with Gasteiger partial charge < -0.3 is 4.90 Å². The van der Waals surface area contributed by atoms with Gasteiger partial charge in [0.15, 0.2) is 0 Å². The molecule has 1 amide bonds. The maximum absolute atomic E-state index is 12.5. The van der Waals surface area contributed by atoms with E-state index in [1.54, 1.807) is 11.0 Å². The molecule has 4 nitrogen and oxygen atoms in total. The summed E-state index contributed by atoms with van der Waals surface area (Å²) in [5.74, 6) is -0.187. The molecule has 3 rings (SSSR count). The lowest BCUT2D eigenvalue weighted by Gasteiger charge is -2.15. The largest absolute Gasteiger partial charge is 0.330 e. The Hall–Kier alpha value is -1.37. The van der Waals surface area contributed by atoms with Gasteiger partial charge in [0.25, 0.3) is 15.0 Å². The first kappa shape index (κ1) is 15.5. The van der Waals surface area contributed by atoms with Crippen LogP contribution in [0.25, 0.3) is 0 Å². The van der Waals surface area contributed by atoms with Crippen molar-refractivity contribution in [2.75, 3.05) is 0 Å². The van der Waals surface area contributed by atoms with Crippen molar-refractivity contribution in [2.45, 2.75) is 18.0 Å². The van der Waals surface area contributed by atoms with Crippen molar-refractivity contribution in [3.63, 3.8) is 0 Å². The van der Waals surface area contributed by atoms with Gasteiger partial charge in [-0.15, -0.1) is 0 Å². The van der Waals surface area contributed by atoms with Crippen LogP contribution >= 0.6 is 26.6 Å². The summed E-state index contributed by atoms with van der Waals surface area (Å²) in [6, 6.07) is 12.6. The number of fused-ring (bicyclic) bond motifs is 1. The Kier molecular flexibility index (Phi) is 4.01. The monoisotopic (exact) mass is 399 g/mol. The van der Waals surface area contributed by atoms with Crippen LogP contribution in [0.5, 0.6) is 0 Å². The molecule has 114 valence electrons. The minimum absolute atomic E-state index is 0.0807. The Bertz CT molecular complexity index is 853. The Morgan fingerprint density at radius 2 is 1.86 bits per heavy atom. The molecule has 1 aliphatic heterocycles. The second kappa shape index (κ2) is 5.68. The van der Waals surface area contributed by atoms with Crippen molar-refractivity contribution >= 4 is 41.6 Å². The van der Waals surface area contributed by atoms with Crippen LogP contribution in [0.4, 0.5) is 0 Å². The average Bonchev–Trinajstić information content (AvgIpc) is 2.74. The van der Waals surface area contributed by atoms with Crippen molar-refractivity contribution in [1.29, 1.82) is 0 Å². The summed E-state index contributed by atoms with van der Waals surface area (Å²) in [5, 5.41) is 0. The van der Waals surface area contributed by atoms with Gasteiger partial charge in [0.1, 0.15) is 0 Å². The fourth-order valence-corrected chi connectivity index (χ4v) is 4.73. The van der Waals surface area contributed by atoms with E-state index in [9.17, 15) is 13.2 Å². The topological polar surface area (TPSA) is 54.5 Å². The highest BCUT2D eigenvalue weighted by Gasteiger charge is 2.30. The van der Waals surface area contributed by atoms with Crippen LogP contribution in [-0.2, 0) is 22.1 Å². The van der Waals surface area contributed by atoms with Crippen LogP contribution in [-0.4, -0.2) is 19.2 Å². The van der Waals surface area contributed by atoms with Gasteiger partial charge >= 0.3 is 0 Å². The molecule has 0 saturated carbocycles. The average molecular weight is 401 g/mol. The third kappa shape index (κ3) is 2.91. The predicted octanol–water partition coefficient (Wildman–Crippen LogP) is 3.53. The Morgan fingerprint density at radius 1 is 1.18 bits per heavy atom. The van der Waals surface area contributed by atoms with Gasteiger partial charge in [0.05, 0.1) is 4.90 Å². The van der Waals surface area contributed by atoms with Crippen molar-refractivity contribution in [3.05, 3.63) is 63.6 Å². The van der Waals surface area contributed by atoms with Crippen LogP contribution in [0.1, 0.15) is 21.5 Å². The molecule has 0 aromatic heterocycles. The molecule has 1 aliphatic rings. The Balaban J connectivity index is 1.94. The fourth-order valence-electron chi connectivity index (χ4n) is 2.49. The maximum atomic E-state index is 12.5. The number of carbonyl (C=O) groups excluding carboxylic acids is 1. The number of rotatable bonds is 3. The van der Waals surface area contributed by atoms with Crippen molar-refractivity contribution in [1.82, 2.24) is 4.90 Å². The molecule has 0 radical (unpaired) electrons. The SMILES string of the molecule is O=C1c2cc(S(=O)(=O)Cl)c(Br)cc2CN1Cc1ccccc1. The first-order valence-electron chi connectivity index (χ1n) is 6.46. The van der Waals surface area contributed by atoms with E-state index in [1.807, 2.05) is 30.3 Å².